The Bertz CT molecular complexity index is 816. The van der Waals surface area contributed by atoms with Crippen molar-refractivity contribution in [3.05, 3.63) is 60.3 Å². The highest BCUT2D eigenvalue weighted by Crippen LogP contribution is 2.34. The van der Waals surface area contributed by atoms with Gasteiger partial charge in [-0.2, -0.15) is 5.10 Å². The highest BCUT2D eigenvalue weighted by atomic mass is 32.2. The van der Waals surface area contributed by atoms with Crippen LogP contribution in [0.1, 0.15) is 10.5 Å². The summed E-state index contributed by atoms with van der Waals surface area (Å²) in [4.78, 5) is 17.0. The Morgan fingerprint density at radius 1 is 1.23 bits per heavy atom. The molecule has 3 N–H and O–H groups in total. The summed E-state index contributed by atoms with van der Waals surface area (Å²) in [7, 11) is 0. The number of nitrogens with zero attached hydrogens (tertiary/aromatic N) is 2. The molecule has 1 amide bonds. The minimum absolute atomic E-state index is 0.233. The lowest BCUT2D eigenvalue weighted by atomic mass is 10.2. The van der Waals surface area contributed by atoms with Crippen LogP contribution in [0.15, 0.2) is 58.6 Å². The minimum atomic E-state index is -0.574. The summed E-state index contributed by atoms with van der Waals surface area (Å²) in [6, 6.07) is 9.62. The van der Waals surface area contributed by atoms with Crippen LogP contribution < -0.4 is 5.73 Å². The largest absolute Gasteiger partial charge is 0.364 e. The second-order valence-corrected chi connectivity index (χ2v) is 5.57. The van der Waals surface area contributed by atoms with Gasteiger partial charge in [0.25, 0.3) is 5.91 Å². The lowest BCUT2D eigenvalue weighted by Gasteiger charge is -2.06. The van der Waals surface area contributed by atoms with Gasteiger partial charge in [0, 0.05) is 27.7 Å². The van der Waals surface area contributed by atoms with Crippen LogP contribution in [0.4, 0.5) is 4.39 Å². The number of nitrogens with two attached hydrogens (primary N) is 1. The van der Waals surface area contributed by atoms with Gasteiger partial charge in [0.15, 0.2) is 0 Å². The van der Waals surface area contributed by atoms with Crippen LogP contribution in [0, 0.1) is 5.82 Å². The van der Waals surface area contributed by atoms with Crippen LogP contribution >= 0.6 is 11.8 Å². The van der Waals surface area contributed by atoms with Gasteiger partial charge in [-0.15, -0.1) is 0 Å². The molecule has 0 saturated heterocycles. The number of pyridine rings is 1. The number of halogens is 1. The molecule has 22 heavy (non-hydrogen) atoms. The van der Waals surface area contributed by atoms with E-state index < -0.39 is 5.91 Å². The molecule has 0 unspecified atom stereocenters. The van der Waals surface area contributed by atoms with Gasteiger partial charge in [0.05, 0.1) is 5.69 Å². The maximum absolute atomic E-state index is 13.0. The third-order valence-corrected chi connectivity index (χ3v) is 4.03. The summed E-state index contributed by atoms with van der Waals surface area (Å²) in [5.41, 5.74) is 6.79. The van der Waals surface area contributed by atoms with Crippen LogP contribution in [-0.4, -0.2) is 21.1 Å². The van der Waals surface area contributed by atoms with E-state index in [1.807, 2.05) is 6.07 Å². The monoisotopic (exact) mass is 314 g/mol. The van der Waals surface area contributed by atoms with Gasteiger partial charge in [-0.05, 0) is 36.4 Å². The van der Waals surface area contributed by atoms with Gasteiger partial charge in [-0.1, -0.05) is 11.8 Å². The molecule has 3 aromatic rings. The molecule has 0 saturated carbocycles. The molecule has 0 aliphatic heterocycles. The third kappa shape index (κ3) is 2.99. The van der Waals surface area contributed by atoms with E-state index in [-0.39, 0.29) is 11.5 Å². The number of nitrogens with one attached hydrogen (secondary N) is 1. The first-order valence-corrected chi connectivity index (χ1v) is 7.18. The molecule has 2 aromatic heterocycles. The SMILES string of the molecule is NC(=O)c1cc(-c2cnccc2Sc2ccc(F)cc2)n[nH]1. The molecule has 0 aliphatic rings. The number of carbonyl (C=O) groups excluding carboxylic acids is 1. The van der Waals surface area contributed by atoms with Crippen molar-refractivity contribution in [2.45, 2.75) is 9.79 Å². The zero-order valence-electron chi connectivity index (χ0n) is 11.3. The topological polar surface area (TPSA) is 84.7 Å². The smallest absolute Gasteiger partial charge is 0.266 e. The first kappa shape index (κ1) is 14.3. The molecule has 110 valence electrons. The molecule has 7 heteroatoms. The molecule has 0 fully saturated rings. The number of H-pyrrole nitrogens is 1. The molecule has 0 atom stereocenters. The van der Waals surface area contributed by atoms with Crippen LogP contribution in [0.3, 0.4) is 0 Å². The first-order chi connectivity index (χ1) is 10.6. The molecule has 3 rings (SSSR count). The normalized spacial score (nSPS) is 10.6. The summed E-state index contributed by atoms with van der Waals surface area (Å²) in [5, 5.41) is 6.68. The van der Waals surface area contributed by atoms with Crippen LogP contribution in [0.2, 0.25) is 0 Å². The molecule has 0 spiro atoms. The molecule has 2 heterocycles. The van der Waals surface area contributed by atoms with Gasteiger partial charge in [0.2, 0.25) is 0 Å². The van der Waals surface area contributed by atoms with Gasteiger partial charge in [-0.3, -0.25) is 14.9 Å². The lowest BCUT2D eigenvalue weighted by molar-refractivity contribution is 0.0995. The second-order valence-electron chi connectivity index (χ2n) is 4.46. The van der Waals surface area contributed by atoms with Crippen LogP contribution in [0.5, 0.6) is 0 Å². The van der Waals surface area contributed by atoms with Crippen molar-refractivity contribution in [1.29, 1.82) is 0 Å². The predicted octanol–water partition coefficient (Wildman–Crippen LogP) is 2.86. The molecule has 5 nitrogen and oxygen atoms in total. The fourth-order valence-corrected chi connectivity index (χ4v) is 2.80. The predicted molar refractivity (Wildman–Crippen MR) is 80.9 cm³/mol. The van der Waals surface area contributed by atoms with Crippen molar-refractivity contribution in [2.75, 3.05) is 0 Å². The van der Waals surface area contributed by atoms with Crippen molar-refractivity contribution >= 4 is 17.7 Å². The average molecular weight is 314 g/mol. The highest BCUT2D eigenvalue weighted by molar-refractivity contribution is 7.99. The van der Waals surface area contributed by atoms with Gasteiger partial charge < -0.3 is 5.73 Å². The fourth-order valence-electron chi connectivity index (χ4n) is 1.88. The highest BCUT2D eigenvalue weighted by Gasteiger charge is 2.12. The van der Waals surface area contributed by atoms with E-state index in [9.17, 15) is 9.18 Å². The van der Waals surface area contributed by atoms with Crippen LogP contribution in [0.25, 0.3) is 11.3 Å². The molecule has 1 aromatic carbocycles. The Morgan fingerprint density at radius 2 is 2.00 bits per heavy atom. The van der Waals surface area contributed by atoms with E-state index >= 15 is 0 Å². The Kier molecular flexibility index (Phi) is 3.88. The van der Waals surface area contributed by atoms with E-state index in [0.29, 0.717) is 5.69 Å². The number of aromatic amines is 1. The van der Waals surface area contributed by atoms with Gasteiger partial charge in [0.1, 0.15) is 11.5 Å². The molecular formula is C15H11FN4OS. The number of primary amides is 1. The maximum Gasteiger partial charge on any atom is 0.266 e. The zero-order chi connectivity index (χ0) is 15.5. The minimum Gasteiger partial charge on any atom is -0.364 e. The molecule has 0 bridgehead atoms. The van der Waals surface area contributed by atoms with Crippen molar-refractivity contribution < 1.29 is 9.18 Å². The number of aromatic nitrogens is 3. The van der Waals surface area contributed by atoms with E-state index in [1.54, 1.807) is 30.6 Å². The Hall–Kier alpha value is -2.67. The van der Waals surface area contributed by atoms with Crippen LogP contribution in [-0.2, 0) is 0 Å². The molecular weight excluding hydrogens is 303 g/mol. The summed E-state index contributed by atoms with van der Waals surface area (Å²) in [6.45, 7) is 0. The summed E-state index contributed by atoms with van der Waals surface area (Å²) < 4.78 is 13.0. The number of amides is 1. The Balaban J connectivity index is 1.95. The van der Waals surface area contributed by atoms with Gasteiger partial charge in [-0.25, -0.2) is 4.39 Å². The number of hydrogen-bond donors (Lipinski definition) is 2. The summed E-state index contributed by atoms with van der Waals surface area (Å²) in [6.07, 6.45) is 3.32. The Labute approximate surface area is 129 Å². The van der Waals surface area contributed by atoms with Crippen molar-refractivity contribution in [1.82, 2.24) is 15.2 Å². The van der Waals surface area contributed by atoms with Crippen molar-refractivity contribution in [3.8, 4) is 11.3 Å². The van der Waals surface area contributed by atoms with Gasteiger partial charge >= 0.3 is 0 Å². The fraction of sp³-hybridized carbons (Fsp3) is 0. The maximum atomic E-state index is 13.0. The zero-order valence-corrected chi connectivity index (χ0v) is 12.1. The van der Waals surface area contributed by atoms with E-state index in [4.69, 9.17) is 5.73 Å². The standard InChI is InChI=1S/C15H11FN4OS/c16-9-1-3-10(4-2-9)22-14-5-6-18-8-11(14)12-7-13(15(17)21)20-19-12/h1-8H,(H2,17,21)(H,19,20). The second kappa shape index (κ2) is 5.98. The first-order valence-electron chi connectivity index (χ1n) is 6.36. The molecule has 0 radical (unpaired) electrons. The Morgan fingerprint density at radius 3 is 2.68 bits per heavy atom. The van der Waals surface area contributed by atoms with Crippen molar-refractivity contribution in [3.63, 3.8) is 0 Å². The molecule has 0 aliphatic carbocycles. The number of rotatable bonds is 4. The number of hydrogen-bond acceptors (Lipinski definition) is 4. The average Bonchev–Trinajstić information content (AvgIpc) is 3.00. The summed E-state index contributed by atoms with van der Waals surface area (Å²) in [5.74, 6) is -0.854. The number of benzene rings is 1. The van der Waals surface area contributed by atoms with E-state index in [0.717, 1.165) is 15.4 Å². The van der Waals surface area contributed by atoms with E-state index in [1.165, 1.54) is 23.9 Å². The number of carbonyl (C=O) groups is 1. The summed E-state index contributed by atoms with van der Waals surface area (Å²) >= 11 is 1.46. The quantitative estimate of drug-likeness (QED) is 0.775. The lowest BCUT2D eigenvalue weighted by Crippen LogP contribution is -2.10. The van der Waals surface area contributed by atoms with E-state index in [2.05, 4.69) is 15.2 Å². The third-order valence-electron chi connectivity index (χ3n) is 2.94. The van der Waals surface area contributed by atoms with Crippen molar-refractivity contribution in [2.24, 2.45) is 5.73 Å².